The Morgan fingerprint density at radius 1 is 1.19 bits per heavy atom. The zero-order chi connectivity index (χ0) is 14.8. The Morgan fingerprint density at radius 3 is 2.62 bits per heavy atom. The number of furan rings is 1. The van der Waals surface area contributed by atoms with E-state index < -0.39 is 6.10 Å². The van der Waals surface area contributed by atoms with Gasteiger partial charge in [-0.25, -0.2) is 0 Å². The minimum Gasteiger partial charge on any atom is -0.456 e. The van der Waals surface area contributed by atoms with Gasteiger partial charge in [0.15, 0.2) is 5.58 Å². The third kappa shape index (κ3) is 2.95. The minimum atomic E-state index is -0.783. The van der Waals surface area contributed by atoms with Crippen molar-refractivity contribution in [1.82, 2.24) is 0 Å². The van der Waals surface area contributed by atoms with E-state index in [1.54, 1.807) is 17.8 Å². The maximum Gasteiger partial charge on any atom is 0.153 e. The molecule has 0 spiro atoms. The lowest BCUT2D eigenvalue weighted by Gasteiger charge is -2.08. The first-order chi connectivity index (χ1) is 10.2. The van der Waals surface area contributed by atoms with Crippen LogP contribution in [0.5, 0.6) is 0 Å². The van der Waals surface area contributed by atoms with Crippen LogP contribution in [0, 0.1) is 0 Å². The molecule has 1 N–H and O–H groups in total. The van der Waals surface area contributed by atoms with Crippen LogP contribution in [0.3, 0.4) is 0 Å². The maximum atomic E-state index is 10.5. The van der Waals surface area contributed by atoms with Crippen molar-refractivity contribution in [1.29, 1.82) is 0 Å². The molecule has 0 saturated carbocycles. The summed E-state index contributed by atoms with van der Waals surface area (Å²) in [6, 6.07) is 15.3. The summed E-state index contributed by atoms with van der Waals surface area (Å²) in [4.78, 5) is 1.20. The Bertz CT molecular complexity index is 749. The normalized spacial score (nSPS) is 12.7. The van der Waals surface area contributed by atoms with E-state index in [1.807, 2.05) is 42.5 Å². The molecule has 0 fully saturated rings. The standard InChI is InChI=1S/C17H15ClO2S/c1-2-21-13-8-6-11(7-9-13)16(19)15-10-12-4-3-5-14(18)17(12)20-15/h3-10,16,19H,2H2,1H3. The molecule has 0 aliphatic heterocycles. The van der Waals surface area contributed by atoms with Gasteiger partial charge in [0.1, 0.15) is 11.9 Å². The molecule has 1 unspecified atom stereocenters. The van der Waals surface area contributed by atoms with Crippen molar-refractivity contribution >= 4 is 34.3 Å². The van der Waals surface area contributed by atoms with Crippen molar-refractivity contribution < 1.29 is 9.52 Å². The summed E-state index contributed by atoms with van der Waals surface area (Å²) in [7, 11) is 0. The third-order valence-corrected chi connectivity index (χ3v) is 4.48. The number of aliphatic hydroxyl groups is 1. The number of halogens is 1. The topological polar surface area (TPSA) is 33.4 Å². The lowest BCUT2D eigenvalue weighted by molar-refractivity contribution is 0.192. The number of fused-ring (bicyclic) bond motifs is 1. The Balaban J connectivity index is 1.92. The van der Waals surface area contributed by atoms with Crippen LogP contribution >= 0.6 is 23.4 Å². The molecule has 0 amide bonds. The van der Waals surface area contributed by atoms with Gasteiger partial charge in [-0.1, -0.05) is 42.8 Å². The van der Waals surface area contributed by atoms with Crippen LogP contribution in [0.1, 0.15) is 24.4 Å². The molecule has 1 atom stereocenters. The maximum absolute atomic E-state index is 10.5. The second-order valence-corrected chi connectivity index (χ2v) is 6.46. The predicted molar refractivity (Wildman–Crippen MR) is 88.1 cm³/mol. The van der Waals surface area contributed by atoms with E-state index in [4.69, 9.17) is 16.0 Å². The molecule has 0 radical (unpaired) electrons. The van der Waals surface area contributed by atoms with Gasteiger partial charge in [0.2, 0.25) is 0 Å². The van der Waals surface area contributed by atoms with Gasteiger partial charge < -0.3 is 9.52 Å². The zero-order valence-electron chi connectivity index (χ0n) is 11.5. The Morgan fingerprint density at radius 2 is 1.95 bits per heavy atom. The Kier molecular flexibility index (Phi) is 4.24. The summed E-state index contributed by atoms with van der Waals surface area (Å²) in [6.07, 6.45) is -0.783. The first kappa shape index (κ1) is 14.5. The summed E-state index contributed by atoms with van der Waals surface area (Å²) in [5.74, 6) is 1.54. The molecule has 4 heteroatoms. The van der Waals surface area contributed by atoms with Crippen molar-refractivity contribution in [3.8, 4) is 0 Å². The van der Waals surface area contributed by atoms with Crippen LogP contribution < -0.4 is 0 Å². The monoisotopic (exact) mass is 318 g/mol. The van der Waals surface area contributed by atoms with Gasteiger partial charge in [-0.15, -0.1) is 11.8 Å². The van der Waals surface area contributed by atoms with Crippen molar-refractivity contribution in [2.45, 2.75) is 17.9 Å². The SMILES string of the molecule is CCSc1ccc(C(O)c2cc3cccc(Cl)c3o2)cc1. The first-order valence-corrected chi connectivity index (χ1v) is 8.14. The minimum absolute atomic E-state index is 0.508. The van der Waals surface area contributed by atoms with Gasteiger partial charge in [0.05, 0.1) is 5.02 Å². The molecule has 1 aromatic heterocycles. The highest BCUT2D eigenvalue weighted by atomic mass is 35.5. The lowest BCUT2D eigenvalue weighted by atomic mass is 10.1. The van der Waals surface area contributed by atoms with E-state index in [1.165, 1.54) is 4.90 Å². The van der Waals surface area contributed by atoms with Crippen molar-refractivity contribution in [3.63, 3.8) is 0 Å². The molecule has 0 aliphatic rings. The van der Waals surface area contributed by atoms with Crippen LogP contribution in [0.25, 0.3) is 11.0 Å². The van der Waals surface area contributed by atoms with E-state index in [9.17, 15) is 5.11 Å². The summed E-state index contributed by atoms with van der Waals surface area (Å²) >= 11 is 7.87. The third-order valence-electron chi connectivity index (χ3n) is 3.29. The highest BCUT2D eigenvalue weighted by molar-refractivity contribution is 7.99. The van der Waals surface area contributed by atoms with Crippen LogP contribution in [0.15, 0.2) is 57.8 Å². The molecule has 1 heterocycles. The van der Waals surface area contributed by atoms with Gasteiger partial charge in [-0.3, -0.25) is 0 Å². The number of rotatable bonds is 4. The van der Waals surface area contributed by atoms with Crippen molar-refractivity contribution in [2.75, 3.05) is 5.75 Å². The lowest BCUT2D eigenvalue weighted by Crippen LogP contribution is -1.97. The van der Waals surface area contributed by atoms with Crippen LogP contribution in [-0.2, 0) is 0 Å². The second-order valence-electron chi connectivity index (χ2n) is 4.71. The van der Waals surface area contributed by atoms with Gasteiger partial charge in [0, 0.05) is 10.3 Å². The number of thioether (sulfide) groups is 1. The van der Waals surface area contributed by atoms with Gasteiger partial charge in [0.25, 0.3) is 0 Å². The molecule has 0 aliphatic carbocycles. The molecule has 2 nitrogen and oxygen atoms in total. The largest absolute Gasteiger partial charge is 0.456 e. The number of para-hydroxylation sites is 1. The van der Waals surface area contributed by atoms with Gasteiger partial charge in [-0.05, 0) is 35.6 Å². The quantitative estimate of drug-likeness (QED) is 0.664. The molecule has 0 bridgehead atoms. The molecule has 0 saturated heterocycles. The number of hydrogen-bond donors (Lipinski definition) is 1. The average molecular weight is 319 g/mol. The predicted octanol–water partition coefficient (Wildman–Crippen LogP) is 5.28. The summed E-state index contributed by atoms with van der Waals surface area (Å²) < 4.78 is 5.71. The number of aliphatic hydroxyl groups excluding tert-OH is 1. The summed E-state index contributed by atoms with van der Waals surface area (Å²) in [5, 5.41) is 11.9. The molecule has 3 aromatic rings. The van der Waals surface area contributed by atoms with E-state index in [0.29, 0.717) is 16.4 Å². The fraction of sp³-hybridized carbons (Fsp3) is 0.176. The van der Waals surface area contributed by atoms with E-state index >= 15 is 0 Å². The molecule has 3 rings (SSSR count). The van der Waals surface area contributed by atoms with E-state index in [-0.39, 0.29) is 0 Å². The van der Waals surface area contributed by atoms with Crippen LogP contribution in [-0.4, -0.2) is 10.9 Å². The molecular formula is C17H15ClO2S. The zero-order valence-corrected chi connectivity index (χ0v) is 13.1. The van der Waals surface area contributed by atoms with Crippen molar-refractivity contribution in [3.05, 3.63) is 64.9 Å². The molecule has 21 heavy (non-hydrogen) atoms. The van der Waals surface area contributed by atoms with Crippen LogP contribution in [0.4, 0.5) is 0 Å². The number of benzene rings is 2. The van der Waals surface area contributed by atoms with Crippen molar-refractivity contribution in [2.24, 2.45) is 0 Å². The fourth-order valence-corrected chi connectivity index (χ4v) is 3.14. The van der Waals surface area contributed by atoms with Crippen LogP contribution in [0.2, 0.25) is 5.02 Å². The second kappa shape index (κ2) is 6.14. The highest BCUT2D eigenvalue weighted by Gasteiger charge is 2.16. The van der Waals surface area contributed by atoms with E-state index in [0.717, 1.165) is 16.7 Å². The van der Waals surface area contributed by atoms with Gasteiger partial charge >= 0.3 is 0 Å². The average Bonchev–Trinajstić information content (AvgIpc) is 2.93. The van der Waals surface area contributed by atoms with E-state index in [2.05, 4.69) is 6.92 Å². The summed E-state index contributed by atoms with van der Waals surface area (Å²) in [6.45, 7) is 2.12. The Labute approximate surface area is 132 Å². The highest BCUT2D eigenvalue weighted by Crippen LogP contribution is 2.32. The Hall–Kier alpha value is -1.42. The molecule has 2 aromatic carbocycles. The fourth-order valence-electron chi connectivity index (χ4n) is 2.26. The first-order valence-electron chi connectivity index (χ1n) is 6.78. The summed E-state index contributed by atoms with van der Waals surface area (Å²) in [5.41, 5.74) is 1.43. The van der Waals surface area contributed by atoms with Gasteiger partial charge in [-0.2, -0.15) is 0 Å². The molecule has 108 valence electrons. The number of hydrogen-bond acceptors (Lipinski definition) is 3. The smallest absolute Gasteiger partial charge is 0.153 e. The molecular weight excluding hydrogens is 304 g/mol.